The number of carbonyl (C=O) groups excluding carboxylic acids is 1. The Morgan fingerprint density at radius 2 is 2.29 bits per heavy atom. The Hall–Kier alpha value is -1.34. The minimum Gasteiger partial charge on any atom is -0.325 e. The summed E-state index contributed by atoms with van der Waals surface area (Å²) >= 11 is 3.29. The molecule has 0 fully saturated rings. The lowest BCUT2D eigenvalue weighted by atomic mass is 10.0. The van der Waals surface area contributed by atoms with Crippen molar-refractivity contribution in [1.29, 1.82) is 5.26 Å². The molecule has 0 heterocycles. The quantitative estimate of drug-likeness (QED) is 0.921. The van der Waals surface area contributed by atoms with Gasteiger partial charge >= 0.3 is 0 Å². The summed E-state index contributed by atoms with van der Waals surface area (Å²) in [6.45, 7) is 4.09. The number of anilines is 1. The fraction of sp³-hybridized carbons (Fsp3) is 0.385. The van der Waals surface area contributed by atoms with Crippen molar-refractivity contribution in [2.45, 2.75) is 26.7 Å². The normalized spacial score (nSPS) is 11.6. The van der Waals surface area contributed by atoms with Gasteiger partial charge in [-0.15, -0.1) is 0 Å². The third kappa shape index (κ3) is 4.20. The van der Waals surface area contributed by atoms with Crippen LogP contribution in [-0.2, 0) is 4.79 Å². The first-order valence-electron chi connectivity index (χ1n) is 5.56. The molecule has 0 aliphatic heterocycles. The van der Waals surface area contributed by atoms with E-state index in [9.17, 15) is 4.79 Å². The van der Waals surface area contributed by atoms with Crippen molar-refractivity contribution in [2.24, 2.45) is 5.92 Å². The maximum absolute atomic E-state index is 11.7. The van der Waals surface area contributed by atoms with E-state index in [1.54, 1.807) is 18.2 Å². The van der Waals surface area contributed by atoms with Gasteiger partial charge in [0.2, 0.25) is 5.91 Å². The second-order valence-electron chi connectivity index (χ2n) is 4.07. The maximum atomic E-state index is 11.7. The van der Waals surface area contributed by atoms with Crippen molar-refractivity contribution in [1.82, 2.24) is 0 Å². The zero-order valence-corrected chi connectivity index (χ0v) is 11.5. The monoisotopic (exact) mass is 294 g/mol. The van der Waals surface area contributed by atoms with Crippen LogP contribution in [0.2, 0.25) is 0 Å². The van der Waals surface area contributed by atoms with E-state index in [0.717, 1.165) is 10.9 Å². The van der Waals surface area contributed by atoms with Crippen molar-refractivity contribution in [3.8, 4) is 6.07 Å². The van der Waals surface area contributed by atoms with Crippen LogP contribution in [0.3, 0.4) is 0 Å². The molecular formula is C13H15BrN2O. The highest BCUT2D eigenvalue weighted by Crippen LogP contribution is 2.21. The molecular weight excluding hydrogens is 280 g/mol. The van der Waals surface area contributed by atoms with E-state index in [2.05, 4.69) is 34.2 Å². The zero-order chi connectivity index (χ0) is 12.8. The van der Waals surface area contributed by atoms with Gasteiger partial charge in [-0.25, -0.2) is 0 Å². The summed E-state index contributed by atoms with van der Waals surface area (Å²) in [6.07, 6.45) is 1.45. The van der Waals surface area contributed by atoms with Crippen LogP contribution in [0.25, 0.3) is 0 Å². The third-order valence-electron chi connectivity index (χ3n) is 2.61. The summed E-state index contributed by atoms with van der Waals surface area (Å²) in [4.78, 5) is 11.7. The molecule has 1 aromatic rings. The highest BCUT2D eigenvalue weighted by Gasteiger charge is 2.10. The number of nitrogens with zero attached hydrogens (tertiary/aromatic N) is 1. The average molecular weight is 295 g/mol. The molecule has 1 unspecified atom stereocenters. The van der Waals surface area contributed by atoms with Gasteiger partial charge in [-0.2, -0.15) is 5.26 Å². The van der Waals surface area contributed by atoms with Gasteiger partial charge in [0.1, 0.15) is 6.07 Å². The Morgan fingerprint density at radius 3 is 2.88 bits per heavy atom. The standard InChI is InChI=1S/C13H15BrN2O/c1-3-9(2)6-13(17)16-12-5-4-11(14)7-10(12)8-15/h4-5,7,9H,3,6H2,1-2H3,(H,16,17). The van der Waals surface area contributed by atoms with Gasteiger partial charge in [0.15, 0.2) is 0 Å². The first kappa shape index (κ1) is 13.7. The smallest absolute Gasteiger partial charge is 0.224 e. The third-order valence-corrected chi connectivity index (χ3v) is 3.10. The molecule has 0 aromatic heterocycles. The molecule has 1 amide bonds. The number of carbonyl (C=O) groups is 1. The van der Waals surface area contributed by atoms with Gasteiger partial charge in [0, 0.05) is 10.9 Å². The summed E-state index contributed by atoms with van der Waals surface area (Å²) < 4.78 is 0.828. The van der Waals surface area contributed by atoms with E-state index >= 15 is 0 Å². The first-order chi connectivity index (χ1) is 8.06. The number of hydrogen-bond acceptors (Lipinski definition) is 2. The van der Waals surface area contributed by atoms with Gasteiger partial charge in [-0.05, 0) is 24.1 Å². The molecule has 1 aromatic carbocycles. The second kappa shape index (κ2) is 6.41. The van der Waals surface area contributed by atoms with Crippen molar-refractivity contribution in [3.63, 3.8) is 0 Å². The summed E-state index contributed by atoms with van der Waals surface area (Å²) in [6, 6.07) is 7.30. The number of rotatable bonds is 4. The van der Waals surface area contributed by atoms with Crippen LogP contribution < -0.4 is 5.32 Å². The molecule has 1 rings (SSSR count). The number of hydrogen-bond donors (Lipinski definition) is 1. The largest absolute Gasteiger partial charge is 0.325 e. The number of amides is 1. The van der Waals surface area contributed by atoms with E-state index in [1.165, 1.54) is 0 Å². The molecule has 1 atom stereocenters. The van der Waals surface area contributed by atoms with Crippen molar-refractivity contribution in [2.75, 3.05) is 5.32 Å². The Balaban J connectivity index is 2.75. The minimum absolute atomic E-state index is 0.0434. The van der Waals surface area contributed by atoms with Gasteiger partial charge < -0.3 is 5.32 Å². The molecule has 0 spiro atoms. The zero-order valence-electron chi connectivity index (χ0n) is 9.96. The Labute approximate surface area is 110 Å². The van der Waals surface area contributed by atoms with Gasteiger partial charge in [0.05, 0.1) is 11.3 Å². The molecule has 0 radical (unpaired) electrons. The van der Waals surface area contributed by atoms with Gasteiger partial charge in [0.25, 0.3) is 0 Å². The highest BCUT2D eigenvalue weighted by molar-refractivity contribution is 9.10. The van der Waals surface area contributed by atoms with E-state index in [-0.39, 0.29) is 5.91 Å². The Bertz CT molecular complexity index is 451. The second-order valence-corrected chi connectivity index (χ2v) is 4.98. The number of benzene rings is 1. The fourth-order valence-electron chi connectivity index (χ4n) is 1.38. The summed E-state index contributed by atoms with van der Waals surface area (Å²) in [5, 5.41) is 11.7. The lowest BCUT2D eigenvalue weighted by Crippen LogP contribution is -2.15. The minimum atomic E-state index is -0.0434. The molecule has 0 saturated carbocycles. The molecule has 0 aliphatic rings. The number of halogens is 1. The molecule has 0 bridgehead atoms. The average Bonchev–Trinajstić information content (AvgIpc) is 2.31. The first-order valence-corrected chi connectivity index (χ1v) is 6.35. The molecule has 3 nitrogen and oxygen atoms in total. The predicted molar refractivity (Wildman–Crippen MR) is 71.6 cm³/mol. The Kier molecular flexibility index (Phi) is 5.17. The number of nitriles is 1. The molecule has 0 saturated heterocycles. The van der Waals surface area contributed by atoms with Crippen LogP contribution in [0, 0.1) is 17.2 Å². The predicted octanol–water partition coefficient (Wildman–Crippen LogP) is 3.70. The molecule has 90 valence electrons. The lowest BCUT2D eigenvalue weighted by molar-refractivity contribution is -0.117. The van der Waals surface area contributed by atoms with Crippen LogP contribution >= 0.6 is 15.9 Å². The summed E-state index contributed by atoms with van der Waals surface area (Å²) in [7, 11) is 0. The molecule has 0 aliphatic carbocycles. The van der Waals surface area contributed by atoms with E-state index in [4.69, 9.17) is 5.26 Å². The molecule has 1 N–H and O–H groups in total. The fourth-order valence-corrected chi connectivity index (χ4v) is 1.74. The van der Waals surface area contributed by atoms with Crippen LogP contribution in [0.15, 0.2) is 22.7 Å². The van der Waals surface area contributed by atoms with Crippen LogP contribution in [-0.4, -0.2) is 5.91 Å². The summed E-state index contributed by atoms with van der Waals surface area (Å²) in [5.74, 6) is 0.314. The van der Waals surface area contributed by atoms with Crippen LogP contribution in [0.4, 0.5) is 5.69 Å². The van der Waals surface area contributed by atoms with E-state index in [1.807, 2.05) is 6.92 Å². The van der Waals surface area contributed by atoms with Crippen molar-refractivity contribution in [3.05, 3.63) is 28.2 Å². The van der Waals surface area contributed by atoms with Crippen molar-refractivity contribution >= 4 is 27.5 Å². The highest BCUT2D eigenvalue weighted by atomic mass is 79.9. The van der Waals surface area contributed by atoms with Gasteiger partial charge in [-0.1, -0.05) is 36.2 Å². The number of nitrogens with one attached hydrogen (secondary N) is 1. The SMILES string of the molecule is CCC(C)CC(=O)Nc1ccc(Br)cc1C#N. The maximum Gasteiger partial charge on any atom is 0.224 e. The summed E-state index contributed by atoms with van der Waals surface area (Å²) in [5.41, 5.74) is 1.04. The van der Waals surface area contributed by atoms with Crippen LogP contribution in [0.5, 0.6) is 0 Å². The van der Waals surface area contributed by atoms with Crippen molar-refractivity contribution < 1.29 is 4.79 Å². The lowest BCUT2D eigenvalue weighted by Gasteiger charge is -2.10. The van der Waals surface area contributed by atoms with E-state index < -0.39 is 0 Å². The Morgan fingerprint density at radius 1 is 1.59 bits per heavy atom. The molecule has 17 heavy (non-hydrogen) atoms. The van der Waals surface area contributed by atoms with Gasteiger partial charge in [-0.3, -0.25) is 4.79 Å². The van der Waals surface area contributed by atoms with E-state index in [0.29, 0.717) is 23.6 Å². The van der Waals surface area contributed by atoms with Crippen LogP contribution in [0.1, 0.15) is 32.3 Å². The molecule has 4 heteroatoms. The topological polar surface area (TPSA) is 52.9 Å².